The van der Waals surface area contributed by atoms with Crippen LogP contribution in [-0.2, 0) is 9.53 Å². The van der Waals surface area contributed by atoms with Gasteiger partial charge in [-0.3, -0.25) is 10.2 Å². The standard InChI is InChI=1S/C9H15N3O2/c1-2-8(7-10)9(13)11-12-3-5-14-6-4-12/h8H,2-6H2,1H3,(H,11,13). The van der Waals surface area contributed by atoms with Crippen LogP contribution in [0.5, 0.6) is 0 Å². The number of nitriles is 1. The maximum absolute atomic E-state index is 11.5. The lowest BCUT2D eigenvalue weighted by Crippen LogP contribution is -2.49. The van der Waals surface area contributed by atoms with Gasteiger partial charge in [-0.15, -0.1) is 0 Å². The summed E-state index contributed by atoms with van der Waals surface area (Å²) in [6, 6.07) is 1.97. The Morgan fingerprint density at radius 3 is 2.79 bits per heavy atom. The van der Waals surface area contributed by atoms with E-state index >= 15 is 0 Å². The highest BCUT2D eigenvalue weighted by molar-refractivity contribution is 5.80. The van der Waals surface area contributed by atoms with Crippen molar-refractivity contribution in [2.75, 3.05) is 26.3 Å². The van der Waals surface area contributed by atoms with E-state index in [-0.39, 0.29) is 5.91 Å². The molecule has 1 unspecified atom stereocenters. The molecule has 5 heteroatoms. The second-order valence-corrected chi connectivity index (χ2v) is 3.17. The van der Waals surface area contributed by atoms with Gasteiger partial charge in [0.1, 0.15) is 5.92 Å². The van der Waals surface area contributed by atoms with Crippen molar-refractivity contribution >= 4 is 5.91 Å². The third-order valence-corrected chi connectivity index (χ3v) is 2.16. The first-order valence-electron chi connectivity index (χ1n) is 4.80. The summed E-state index contributed by atoms with van der Waals surface area (Å²) < 4.78 is 5.14. The molecule has 0 bridgehead atoms. The monoisotopic (exact) mass is 197 g/mol. The Morgan fingerprint density at radius 1 is 1.64 bits per heavy atom. The number of hydrogen-bond donors (Lipinski definition) is 1. The molecule has 0 aromatic heterocycles. The summed E-state index contributed by atoms with van der Waals surface area (Å²) in [6.45, 7) is 4.46. The molecule has 1 atom stereocenters. The second-order valence-electron chi connectivity index (χ2n) is 3.17. The zero-order chi connectivity index (χ0) is 10.4. The van der Waals surface area contributed by atoms with Gasteiger partial charge >= 0.3 is 0 Å². The van der Waals surface area contributed by atoms with Gasteiger partial charge in [0.2, 0.25) is 0 Å². The Hall–Kier alpha value is -1.12. The number of rotatable bonds is 3. The number of ether oxygens (including phenoxy) is 1. The number of carbonyl (C=O) groups excluding carboxylic acids is 1. The molecule has 5 nitrogen and oxygen atoms in total. The Bertz CT molecular complexity index is 231. The van der Waals surface area contributed by atoms with Crippen molar-refractivity contribution in [3.8, 4) is 6.07 Å². The Balaban J connectivity index is 2.35. The molecule has 78 valence electrons. The highest BCUT2D eigenvalue weighted by Gasteiger charge is 2.19. The molecule has 0 aromatic rings. The van der Waals surface area contributed by atoms with Gasteiger partial charge in [0, 0.05) is 13.1 Å². The minimum Gasteiger partial charge on any atom is -0.379 e. The van der Waals surface area contributed by atoms with Gasteiger partial charge in [-0.25, -0.2) is 5.01 Å². The Morgan fingerprint density at radius 2 is 2.29 bits per heavy atom. The first-order valence-corrected chi connectivity index (χ1v) is 4.80. The third-order valence-electron chi connectivity index (χ3n) is 2.16. The topological polar surface area (TPSA) is 65.4 Å². The first-order chi connectivity index (χ1) is 6.77. The van der Waals surface area contributed by atoms with Crippen LogP contribution in [0.4, 0.5) is 0 Å². The molecule has 0 aromatic carbocycles. The third kappa shape index (κ3) is 2.98. The zero-order valence-electron chi connectivity index (χ0n) is 8.32. The predicted molar refractivity (Wildman–Crippen MR) is 49.9 cm³/mol. The molecule has 1 saturated heterocycles. The van der Waals surface area contributed by atoms with Crippen LogP contribution in [0.1, 0.15) is 13.3 Å². The van der Waals surface area contributed by atoms with E-state index in [2.05, 4.69) is 5.43 Å². The summed E-state index contributed by atoms with van der Waals surface area (Å²) in [4.78, 5) is 11.5. The summed E-state index contributed by atoms with van der Waals surface area (Å²) >= 11 is 0. The number of nitrogens with zero attached hydrogens (tertiary/aromatic N) is 2. The minimum atomic E-state index is -0.544. The summed E-state index contributed by atoms with van der Waals surface area (Å²) in [6.07, 6.45) is 0.548. The van der Waals surface area contributed by atoms with Crippen molar-refractivity contribution in [1.82, 2.24) is 10.4 Å². The lowest BCUT2D eigenvalue weighted by molar-refractivity contribution is -0.130. The Labute approximate surface area is 83.6 Å². The highest BCUT2D eigenvalue weighted by atomic mass is 16.5. The van der Waals surface area contributed by atoms with E-state index < -0.39 is 5.92 Å². The average Bonchev–Trinajstić information content (AvgIpc) is 2.21. The van der Waals surface area contributed by atoms with E-state index in [4.69, 9.17) is 10.00 Å². The molecule has 1 rings (SSSR count). The van der Waals surface area contributed by atoms with Crippen molar-refractivity contribution < 1.29 is 9.53 Å². The van der Waals surface area contributed by atoms with Crippen molar-refractivity contribution in [2.45, 2.75) is 13.3 Å². The highest BCUT2D eigenvalue weighted by Crippen LogP contribution is 2.01. The van der Waals surface area contributed by atoms with Crippen LogP contribution in [0.3, 0.4) is 0 Å². The van der Waals surface area contributed by atoms with Crippen LogP contribution in [-0.4, -0.2) is 37.2 Å². The van der Waals surface area contributed by atoms with Crippen LogP contribution < -0.4 is 5.43 Å². The Kier molecular flexibility index (Phi) is 4.36. The summed E-state index contributed by atoms with van der Waals surface area (Å²) in [5.41, 5.74) is 2.71. The number of nitrogens with one attached hydrogen (secondary N) is 1. The molecule has 1 fully saturated rings. The summed E-state index contributed by atoms with van der Waals surface area (Å²) in [5, 5.41) is 10.5. The molecule has 1 amide bonds. The average molecular weight is 197 g/mol. The van der Waals surface area contributed by atoms with Crippen LogP contribution in [0.15, 0.2) is 0 Å². The molecule has 0 aliphatic carbocycles. The van der Waals surface area contributed by atoms with Gasteiger partial charge in [0.25, 0.3) is 5.91 Å². The summed E-state index contributed by atoms with van der Waals surface area (Å²) in [7, 11) is 0. The maximum atomic E-state index is 11.5. The maximum Gasteiger partial charge on any atom is 0.251 e. The van der Waals surface area contributed by atoms with E-state index in [0.29, 0.717) is 32.7 Å². The van der Waals surface area contributed by atoms with E-state index in [1.165, 1.54) is 0 Å². The van der Waals surface area contributed by atoms with Crippen LogP contribution >= 0.6 is 0 Å². The van der Waals surface area contributed by atoms with Crippen molar-refractivity contribution in [1.29, 1.82) is 5.26 Å². The molecule has 14 heavy (non-hydrogen) atoms. The minimum absolute atomic E-state index is 0.211. The van der Waals surface area contributed by atoms with Gasteiger partial charge in [0.15, 0.2) is 0 Å². The zero-order valence-corrected chi connectivity index (χ0v) is 8.32. The van der Waals surface area contributed by atoms with Gasteiger partial charge in [-0.1, -0.05) is 6.92 Å². The number of hydrogen-bond acceptors (Lipinski definition) is 4. The van der Waals surface area contributed by atoms with E-state index in [1.807, 2.05) is 13.0 Å². The van der Waals surface area contributed by atoms with E-state index in [1.54, 1.807) is 5.01 Å². The fourth-order valence-corrected chi connectivity index (χ4v) is 1.24. The number of carbonyl (C=O) groups is 1. The SMILES string of the molecule is CCC(C#N)C(=O)NN1CCOCC1. The van der Waals surface area contributed by atoms with Crippen molar-refractivity contribution in [3.05, 3.63) is 0 Å². The molecule has 1 aliphatic rings. The van der Waals surface area contributed by atoms with Crippen LogP contribution in [0.2, 0.25) is 0 Å². The predicted octanol–water partition coefficient (Wildman–Crippen LogP) is -0.100. The molecule has 0 radical (unpaired) electrons. The van der Waals surface area contributed by atoms with Crippen molar-refractivity contribution in [3.63, 3.8) is 0 Å². The van der Waals surface area contributed by atoms with Crippen LogP contribution in [0, 0.1) is 17.2 Å². The molecule has 1 N–H and O–H groups in total. The lowest BCUT2D eigenvalue weighted by Gasteiger charge is -2.27. The second kappa shape index (κ2) is 5.58. The van der Waals surface area contributed by atoms with Gasteiger partial charge in [-0.2, -0.15) is 5.26 Å². The molecule has 0 spiro atoms. The normalized spacial score (nSPS) is 19.7. The quantitative estimate of drug-likeness (QED) is 0.686. The van der Waals surface area contributed by atoms with Crippen molar-refractivity contribution in [2.24, 2.45) is 5.92 Å². The van der Waals surface area contributed by atoms with Gasteiger partial charge < -0.3 is 4.74 Å². The largest absolute Gasteiger partial charge is 0.379 e. The molecule has 1 aliphatic heterocycles. The lowest BCUT2D eigenvalue weighted by atomic mass is 10.1. The fraction of sp³-hybridized carbons (Fsp3) is 0.778. The molecular weight excluding hydrogens is 182 g/mol. The first kappa shape index (κ1) is 11.0. The fourth-order valence-electron chi connectivity index (χ4n) is 1.24. The van der Waals surface area contributed by atoms with Gasteiger partial charge in [0.05, 0.1) is 19.3 Å². The number of morpholine rings is 1. The van der Waals surface area contributed by atoms with Gasteiger partial charge in [-0.05, 0) is 6.42 Å². The van der Waals surface area contributed by atoms with Crippen LogP contribution in [0.25, 0.3) is 0 Å². The number of amides is 1. The molecule has 0 saturated carbocycles. The van der Waals surface area contributed by atoms with E-state index in [0.717, 1.165) is 0 Å². The number of hydrazine groups is 1. The van der Waals surface area contributed by atoms with E-state index in [9.17, 15) is 4.79 Å². The molecular formula is C9H15N3O2. The molecule has 1 heterocycles. The summed E-state index contributed by atoms with van der Waals surface area (Å²) in [5.74, 6) is -0.755. The smallest absolute Gasteiger partial charge is 0.251 e.